The standard InChI is InChI=1S/C17H23NS/c1-3-9-18-12-17(16-7-5-4-6-8-16)11-15-10-14(2)19-13-15/h4-8,10,13,17-18H,3,9,11-12H2,1-2H3. The Bertz CT molecular complexity index is 475. The molecule has 19 heavy (non-hydrogen) atoms. The summed E-state index contributed by atoms with van der Waals surface area (Å²) in [6.45, 7) is 6.56. The van der Waals surface area contributed by atoms with E-state index in [1.807, 2.05) is 11.3 Å². The fourth-order valence-corrected chi connectivity index (χ4v) is 3.10. The van der Waals surface area contributed by atoms with Gasteiger partial charge in [-0.05, 0) is 48.9 Å². The van der Waals surface area contributed by atoms with Crippen molar-refractivity contribution < 1.29 is 0 Å². The lowest BCUT2D eigenvalue weighted by molar-refractivity contribution is 0.577. The van der Waals surface area contributed by atoms with E-state index in [-0.39, 0.29) is 0 Å². The molecule has 1 unspecified atom stereocenters. The third-order valence-electron chi connectivity index (χ3n) is 3.36. The smallest absolute Gasteiger partial charge is 0.00233 e. The van der Waals surface area contributed by atoms with Crippen LogP contribution in [-0.4, -0.2) is 13.1 Å². The molecule has 0 radical (unpaired) electrons. The molecule has 2 aromatic rings. The highest BCUT2D eigenvalue weighted by atomic mass is 32.1. The van der Waals surface area contributed by atoms with Gasteiger partial charge in [-0.3, -0.25) is 0 Å². The molecule has 1 nitrogen and oxygen atoms in total. The molecular weight excluding hydrogens is 250 g/mol. The van der Waals surface area contributed by atoms with E-state index in [1.54, 1.807) is 0 Å². The summed E-state index contributed by atoms with van der Waals surface area (Å²) in [6, 6.07) is 13.2. The van der Waals surface area contributed by atoms with Gasteiger partial charge in [-0.25, -0.2) is 0 Å². The summed E-state index contributed by atoms with van der Waals surface area (Å²) >= 11 is 1.85. The first-order valence-corrected chi connectivity index (χ1v) is 7.97. The van der Waals surface area contributed by atoms with Crippen LogP contribution in [0.2, 0.25) is 0 Å². The molecule has 0 amide bonds. The highest BCUT2D eigenvalue weighted by molar-refractivity contribution is 7.10. The van der Waals surface area contributed by atoms with Gasteiger partial charge in [0.05, 0.1) is 0 Å². The summed E-state index contributed by atoms with van der Waals surface area (Å²) in [5.74, 6) is 0.571. The van der Waals surface area contributed by atoms with Crippen LogP contribution in [0.15, 0.2) is 41.8 Å². The van der Waals surface area contributed by atoms with Crippen LogP contribution in [0.5, 0.6) is 0 Å². The first kappa shape index (κ1) is 14.3. The predicted octanol–water partition coefficient (Wildman–Crippen LogP) is 4.38. The Morgan fingerprint density at radius 1 is 1.21 bits per heavy atom. The Hall–Kier alpha value is -1.12. The second-order valence-electron chi connectivity index (χ2n) is 5.08. The maximum atomic E-state index is 3.56. The second kappa shape index (κ2) is 7.46. The van der Waals surface area contributed by atoms with E-state index >= 15 is 0 Å². The number of rotatable bonds is 7. The van der Waals surface area contributed by atoms with E-state index in [9.17, 15) is 0 Å². The minimum absolute atomic E-state index is 0.571. The Morgan fingerprint density at radius 3 is 2.63 bits per heavy atom. The Balaban J connectivity index is 2.05. The molecule has 1 aromatic heterocycles. The molecule has 1 atom stereocenters. The van der Waals surface area contributed by atoms with Crippen LogP contribution in [0.25, 0.3) is 0 Å². The molecule has 1 aromatic carbocycles. The van der Waals surface area contributed by atoms with E-state index in [1.165, 1.54) is 22.4 Å². The maximum Gasteiger partial charge on any atom is 0.00233 e. The molecule has 0 saturated heterocycles. The van der Waals surface area contributed by atoms with Crippen molar-refractivity contribution in [3.63, 3.8) is 0 Å². The average Bonchev–Trinajstić information content (AvgIpc) is 2.84. The molecule has 0 aliphatic heterocycles. The third-order valence-corrected chi connectivity index (χ3v) is 4.27. The zero-order valence-corrected chi connectivity index (χ0v) is 12.7. The number of aryl methyl sites for hydroxylation is 1. The van der Waals surface area contributed by atoms with Crippen molar-refractivity contribution in [3.05, 3.63) is 57.8 Å². The molecule has 1 N–H and O–H groups in total. The minimum Gasteiger partial charge on any atom is -0.316 e. The predicted molar refractivity (Wildman–Crippen MR) is 85.1 cm³/mol. The lowest BCUT2D eigenvalue weighted by atomic mass is 9.93. The first-order chi connectivity index (χ1) is 9.29. The van der Waals surface area contributed by atoms with E-state index in [2.05, 4.69) is 60.9 Å². The zero-order valence-electron chi connectivity index (χ0n) is 11.9. The number of hydrogen-bond donors (Lipinski definition) is 1. The number of thiophene rings is 1. The van der Waals surface area contributed by atoms with Crippen LogP contribution in [0.1, 0.15) is 35.3 Å². The van der Waals surface area contributed by atoms with Gasteiger partial charge in [0, 0.05) is 17.3 Å². The van der Waals surface area contributed by atoms with E-state index in [4.69, 9.17) is 0 Å². The van der Waals surface area contributed by atoms with E-state index < -0.39 is 0 Å². The normalized spacial score (nSPS) is 12.5. The molecule has 0 saturated carbocycles. The molecule has 0 bridgehead atoms. The fraction of sp³-hybridized carbons (Fsp3) is 0.412. The summed E-state index contributed by atoms with van der Waals surface area (Å²) in [7, 11) is 0. The van der Waals surface area contributed by atoms with Gasteiger partial charge in [0.25, 0.3) is 0 Å². The van der Waals surface area contributed by atoms with Crippen molar-refractivity contribution in [1.82, 2.24) is 5.32 Å². The van der Waals surface area contributed by atoms with Gasteiger partial charge in [-0.15, -0.1) is 11.3 Å². The molecule has 1 heterocycles. The van der Waals surface area contributed by atoms with Crippen molar-refractivity contribution in [3.8, 4) is 0 Å². The molecule has 0 fully saturated rings. The Morgan fingerprint density at radius 2 is 2.00 bits per heavy atom. The number of nitrogens with one attached hydrogen (secondary N) is 1. The fourth-order valence-electron chi connectivity index (χ4n) is 2.38. The molecule has 2 rings (SSSR count). The van der Waals surface area contributed by atoms with Gasteiger partial charge >= 0.3 is 0 Å². The lowest BCUT2D eigenvalue weighted by Crippen LogP contribution is -2.23. The quantitative estimate of drug-likeness (QED) is 0.738. The lowest BCUT2D eigenvalue weighted by Gasteiger charge is -2.17. The molecular formula is C17H23NS. The van der Waals surface area contributed by atoms with Gasteiger partial charge in [0.2, 0.25) is 0 Å². The SMILES string of the molecule is CCCNCC(Cc1csc(C)c1)c1ccccc1. The van der Waals surface area contributed by atoms with Crippen molar-refractivity contribution >= 4 is 11.3 Å². The van der Waals surface area contributed by atoms with Crippen molar-refractivity contribution in [2.75, 3.05) is 13.1 Å². The van der Waals surface area contributed by atoms with Crippen LogP contribution in [0, 0.1) is 6.92 Å². The summed E-state index contributed by atoms with van der Waals surface area (Å²) in [5, 5.41) is 5.86. The number of benzene rings is 1. The highest BCUT2D eigenvalue weighted by Gasteiger charge is 2.12. The Labute approximate surface area is 120 Å². The molecule has 0 aliphatic carbocycles. The van der Waals surface area contributed by atoms with Crippen LogP contribution in [0.4, 0.5) is 0 Å². The highest BCUT2D eigenvalue weighted by Crippen LogP contribution is 2.23. The minimum atomic E-state index is 0.571. The molecule has 2 heteroatoms. The monoisotopic (exact) mass is 273 g/mol. The van der Waals surface area contributed by atoms with Gasteiger partial charge in [0.1, 0.15) is 0 Å². The van der Waals surface area contributed by atoms with Gasteiger partial charge in [-0.1, -0.05) is 37.3 Å². The molecule has 0 spiro atoms. The first-order valence-electron chi connectivity index (χ1n) is 7.09. The van der Waals surface area contributed by atoms with E-state index in [0.29, 0.717) is 5.92 Å². The molecule has 102 valence electrons. The van der Waals surface area contributed by atoms with Crippen LogP contribution in [0.3, 0.4) is 0 Å². The molecule has 0 aliphatic rings. The third kappa shape index (κ3) is 4.48. The van der Waals surface area contributed by atoms with Gasteiger partial charge in [0.15, 0.2) is 0 Å². The summed E-state index contributed by atoms with van der Waals surface area (Å²) in [6.07, 6.45) is 2.32. The second-order valence-corrected chi connectivity index (χ2v) is 6.20. The maximum absolute atomic E-state index is 3.56. The average molecular weight is 273 g/mol. The largest absolute Gasteiger partial charge is 0.316 e. The van der Waals surface area contributed by atoms with Gasteiger partial charge < -0.3 is 5.32 Å². The van der Waals surface area contributed by atoms with Gasteiger partial charge in [-0.2, -0.15) is 0 Å². The zero-order chi connectivity index (χ0) is 13.5. The van der Waals surface area contributed by atoms with Crippen molar-refractivity contribution in [1.29, 1.82) is 0 Å². The van der Waals surface area contributed by atoms with Crippen molar-refractivity contribution in [2.45, 2.75) is 32.6 Å². The van der Waals surface area contributed by atoms with Crippen molar-refractivity contribution in [2.24, 2.45) is 0 Å². The van der Waals surface area contributed by atoms with E-state index in [0.717, 1.165) is 19.5 Å². The van der Waals surface area contributed by atoms with Crippen LogP contribution in [-0.2, 0) is 6.42 Å². The summed E-state index contributed by atoms with van der Waals surface area (Å²) in [5.41, 5.74) is 2.91. The topological polar surface area (TPSA) is 12.0 Å². The van der Waals surface area contributed by atoms with Crippen LogP contribution < -0.4 is 5.32 Å². The number of hydrogen-bond acceptors (Lipinski definition) is 2. The Kier molecular flexibility index (Phi) is 5.62. The van der Waals surface area contributed by atoms with Crippen LogP contribution >= 0.6 is 11.3 Å². The summed E-state index contributed by atoms with van der Waals surface area (Å²) < 4.78 is 0. The summed E-state index contributed by atoms with van der Waals surface area (Å²) in [4.78, 5) is 1.41.